The van der Waals surface area contributed by atoms with E-state index in [-0.39, 0.29) is 40.9 Å². The van der Waals surface area contributed by atoms with Crippen molar-refractivity contribution in [1.82, 2.24) is 19.7 Å². The molecule has 1 aliphatic rings. The molecule has 15 heteroatoms. The molecule has 6 rings (SSSR count). The molecule has 46 heavy (non-hydrogen) atoms. The maximum absolute atomic E-state index is 14.0. The fourth-order valence-corrected chi connectivity index (χ4v) is 6.30. The number of sulfonamides is 1. The van der Waals surface area contributed by atoms with Crippen molar-refractivity contribution in [1.29, 1.82) is 0 Å². The third-order valence-corrected chi connectivity index (χ3v) is 8.89. The molecule has 3 aromatic heterocycles. The minimum absolute atomic E-state index is 0.0327. The molecule has 0 amide bonds. The topological polar surface area (TPSA) is 157 Å². The Kier molecular flexibility index (Phi) is 8.60. The number of nitrogens with one attached hydrogen (secondary N) is 2. The largest absolute Gasteiger partial charge is 0.436 e. The molecule has 0 spiro atoms. The van der Waals surface area contributed by atoms with Crippen LogP contribution in [0.15, 0.2) is 60.9 Å². The van der Waals surface area contributed by atoms with Gasteiger partial charge in [-0.3, -0.25) is 13.9 Å². The molecule has 0 aliphatic carbocycles. The van der Waals surface area contributed by atoms with Gasteiger partial charge in [-0.1, -0.05) is 12.1 Å². The molecule has 0 bridgehead atoms. The van der Waals surface area contributed by atoms with Gasteiger partial charge in [0.25, 0.3) is 0 Å². The maximum Gasteiger partial charge on any atom is 0.232 e. The number of carbonyl (C=O) groups excluding carboxylic acids is 1. The Morgan fingerprint density at radius 3 is 2.65 bits per heavy atom. The van der Waals surface area contributed by atoms with Crippen LogP contribution in [0.4, 0.5) is 26.0 Å². The van der Waals surface area contributed by atoms with Crippen molar-refractivity contribution in [2.45, 2.75) is 13.3 Å². The summed E-state index contributed by atoms with van der Waals surface area (Å²) >= 11 is 0. The first-order valence-corrected chi connectivity index (χ1v) is 16.1. The Morgan fingerprint density at radius 2 is 1.91 bits per heavy atom. The standard InChI is InChI=1S/C31H31F2N7O5S/c1-19-13-29(45-28-6-3-2-5-22(28)33)35-18-27(19)40-31(34)21(17-36-40)30(41)25-14-20-15-26(39-8-10-44-11-9-39)24(16-23(20)37-25)38-46(42,43)12-4-7-32/h2-3,5-6,13-18,37-38H,4,7-12,34H2,1H3. The van der Waals surface area contributed by atoms with Gasteiger partial charge < -0.3 is 25.1 Å². The van der Waals surface area contributed by atoms with E-state index in [4.69, 9.17) is 15.2 Å². The van der Waals surface area contributed by atoms with Crippen LogP contribution in [0.25, 0.3) is 16.6 Å². The predicted molar refractivity (Wildman–Crippen MR) is 170 cm³/mol. The van der Waals surface area contributed by atoms with Gasteiger partial charge in [-0.15, -0.1) is 0 Å². The zero-order valence-corrected chi connectivity index (χ0v) is 25.6. The number of aromatic nitrogens is 4. The highest BCUT2D eigenvalue weighted by atomic mass is 32.2. The number of aromatic amines is 1. The fraction of sp³-hybridized carbons (Fsp3) is 0.258. The summed E-state index contributed by atoms with van der Waals surface area (Å²) in [5.74, 6) is -1.03. The maximum atomic E-state index is 14.0. The number of para-hydroxylation sites is 1. The predicted octanol–water partition coefficient (Wildman–Crippen LogP) is 4.74. The number of ether oxygens (including phenoxy) is 2. The van der Waals surface area contributed by atoms with E-state index in [1.807, 2.05) is 4.90 Å². The SMILES string of the molecule is Cc1cc(Oc2ccccc2F)ncc1-n1ncc(C(=O)c2cc3cc(N4CCOCC4)c(NS(=O)(=O)CCCF)cc3[nH]2)c1N. The Morgan fingerprint density at radius 1 is 1.13 bits per heavy atom. The molecule has 1 saturated heterocycles. The number of anilines is 3. The van der Waals surface area contributed by atoms with E-state index in [1.165, 1.54) is 29.2 Å². The summed E-state index contributed by atoms with van der Waals surface area (Å²) in [6.45, 7) is 3.07. The van der Waals surface area contributed by atoms with Crippen LogP contribution in [0.2, 0.25) is 0 Å². The van der Waals surface area contributed by atoms with Crippen LogP contribution in [0.5, 0.6) is 11.6 Å². The minimum atomic E-state index is -3.82. The molecular formula is C31H31F2N7O5S. The summed E-state index contributed by atoms with van der Waals surface area (Å²) in [4.78, 5) is 23.0. The molecule has 0 radical (unpaired) electrons. The molecule has 1 fully saturated rings. The average molecular weight is 652 g/mol. The van der Waals surface area contributed by atoms with Gasteiger partial charge in [0.15, 0.2) is 11.6 Å². The quantitative estimate of drug-likeness (QED) is 0.172. The van der Waals surface area contributed by atoms with Gasteiger partial charge in [-0.05, 0) is 49.2 Å². The number of nitrogen functional groups attached to an aromatic ring is 1. The van der Waals surface area contributed by atoms with Crippen LogP contribution < -0.4 is 20.1 Å². The van der Waals surface area contributed by atoms with Crippen LogP contribution in [-0.4, -0.2) is 72.7 Å². The molecular weight excluding hydrogens is 620 g/mol. The van der Waals surface area contributed by atoms with Crippen molar-refractivity contribution in [3.63, 3.8) is 0 Å². The van der Waals surface area contributed by atoms with E-state index in [0.717, 1.165) is 0 Å². The Labute approximate surface area is 263 Å². The van der Waals surface area contributed by atoms with E-state index in [9.17, 15) is 22.0 Å². The Balaban J connectivity index is 1.29. The van der Waals surface area contributed by atoms with Crippen LogP contribution in [0.3, 0.4) is 0 Å². The zero-order chi connectivity index (χ0) is 32.4. The summed E-state index contributed by atoms with van der Waals surface area (Å²) < 4.78 is 67.1. The second-order valence-corrected chi connectivity index (χ2v) is 12.6. The number of nitrogens with two attached hydrogens (primary N) is 1. The highest BCUT2D eigenvalue weighted by Crippen LogP contribution is 2.34. The van der Waals surface area contributed by atoms with Crippen molar-refractivity contribution in [2.75, 3.05) is 54.1 Å². The van der Waals surface area contributed by atoms with Crippen molar-refractivity contribution in [2.24, 2.45) is 0 Å². The van der Waals surface area contributed by atoms with Crippen LogP contribution in [0.1, 0.15) is 28.0 Å². The highest BCUT2D eigenvalue weighted by Gasteiger charge is 2.24. The number of rotatable bonds is 11. The molecule has 2 aromatic carbocycles. The number of morpholine rings is 1. The van der Waals surface area contributed by atoms with Gasteiger partial charge in [0.1, 0.15) is 5.82 Å². The van der Waals surface area contributed by atoms with Gasteiger partial charge in [0.05, 0.1) is 66.4 Å². The molecule has 0 saturated carbocycles. The number of pyridine rings is 1. The number of ketones is 1. The lowest BCUT2D eigenvalue weighted by Gasteiger charge is -2.30. The molecule has 0 unspecified atom stereocenters. The molecule has 4 heterocycles. The van der Waals surface area contributed by atoms with E-state index >= 15 is 0 Å². The van der Waals surface area contributed by atoms with Gasteiger partial charge >= 0.3 is 0 Å². The Hall–Kier alpha value is -5.02. The van der Waals surface area contributed by atoms with Gasteiger partial charge in [-0.25, -0.2) is 22.5 Å². The van der Waals surface area contributed by atoms with Crippen LogP contribution in [0, 0.1) is 12.7 Å². The van der Waals surface area contributed by atoms with Crippen molar-refractivity contribution in [3.8, 4) is 17.3 Å². The number of nitrogens with zero attached hydrogens (tertiary/aromatic N) is 4. The van der Waals surface area contributed by atoms with Gasteiger partial charge in [0, 0.05) is 30.1 Å². The van der Waals surface area contributed by atoms with Gasteiger partial charge in [0.2, 0.25) is 21.7 Å². The number of H-pyrrole nitrogens is 1. The summed E-state index contributed by atoms with van der Waals surface area (Å²) in [5, 5.41) is 5.00. The lowest BCUT2D eigenvalue weighted by atomic mass is 10.1. The van der Waals surface area contributed by atoms with E-state index in [1.54, 1.807) is 43.3 Å². The normalized spacial score (nSPS) is 13.7. The molecule has 240 valence electrons. The van der Waals surface area contributed by atoms with Crippen LogP contribution >= 0.6 is 0 Å². The first kappa shape index (κ1) is 31.0. The number of fused-ring (bicyclic) bond motifs is 1. The smallest absolute Gasteiger partial charge is 0.232 e. The first-order chi connectivity index (χ1) is 22.1. The second-order valence-electron chi connectivity index (χ2n) is 10.7. The fourth-order valence-electron chi connectivity index (χ4n) is 5.21. The first-order valence-electron chi connectivity index (χ1n) is 14.5. The average Bonchev–Trinajstić information content (AvgIpc) is 3.64. The Bertz CT molecular complexity index is 2020. The minimum Gasteiger partial charge on any atom is -0.436 e. The number of hydrogen-bond acceptors (Lipinski definition) is 9. The molecule has 5 aromatic rings. The van der Waals surface area contributed by atoms with Gasteiger partial charge in [-0.2, -0.15) is 5.10 Å². The number of benzene rings is 2. The highest BCUT2D eigenvalue weighted by molar-refractivity contribution is 7.92. The summed E-state index contributed by atoms with van der Waals surface area (Å²) in [7, 11) is -3.82. The number of halogens is 2. The lowest BCUT2D eigenvalue weighted by Crippen LogP contribution is -2.36. The molecule has 12 nitrogen and oxygen atoms in total. The monoisotopic (exact) mass is 651 g/mol. The van der Waals surface area contributed by atoms with E-state index < -0.39 is 28.3 Å². The number of alkyl halides is 1. The second kappa shape index (κ2) is 12.8. The number of aryl methyl sites for hydroxylation is 1. The van der Waals surface area contributed by atoms with Crippen molar-refractivity contribution >= 4 is 43.9 Å². The van der Waals surface area contributed by atoms with Crippen molar-refractivity contribution in [3.05, 3.63) is 83.6 Å². The third-order valence-electron chi connectivity index (χ3n) is 7.53. The third kappa shape index (κ3) is 6.37. The molecule has 0 atom stereocenters. The number of carbonyl (C=O) groups is 1. The zero-order valence-electron chi connectivity index (χ0n) is 24.8. The number of hydrogen-bond donors (Lipinski definition) is 3. The summed E-state index contributed by atoms with van der Waals surface area (Å²) in [6, 6.07) is 12.7. The van der Waals surface area contributed by atoms with Crippen LogP contribution in [-0.2, 0) is 14.8 Å². The molecule has 4 N–H and O–H groups in total. The van der Waals surface area contributed by atoms with E-state index in [0.29, 0.717) is 59.8 Å². The summed E-state index contributed by atoms with van der Waals surface area (Å²) in [6.07, 6.45) is 2.70. The van der Waals surface area contributed by atoms with E-state index in [2.05, 4.69) is 19.8 Å². The van der Waals surface area contributed by atoms with Crippen molar-refractivity contribution < 1.29 is 31.5 Å². The molecule has 1 aliphatic heterocycles. The lowest BCUT2D eigenvalue weighted by molar-refractivity contribution is 0.103. The summed E-state index contributed by atoms with van der Waals surface area (Å²) in [5.41, 5.74) is 9.37.